The van der Waals surface area contributed by atoms with E-state index in [9.17, 15) is 4.79 Å². The van der Waals surface area contributed by atoms with Crippen LogP contribution in [0.4, 0.5) is 11.6 Å². The summed E-state index contributed by atoms with van der Waals surface area (Å²) in [4.78, 5) is 24.5. The van der Waals surface area contributed by atoms with Gasteiger partial charge in [0.25, 0.3) is 5.56 Å². The quantitative estimate of drug-likeness (QED) is 0.552. The van der Waals surface area contributed by atoms with E-state index in [0.717, 1.165) is 5.56 Å². The minimum absolute atomic E-state index is 0.190. The number of nitrogens with zero attached hydrogens (tertiary/aromatic N) is 2. The van der Waals surface area contributed by atoms with Crippen LogP contribution in [0.15, 0.2) is 59.5 Å². The fourth-order valence-electron chi connectivity index (χ4n) is 3.30. The Morgan fingerprint density at radius 1 is 1.10 bits per heavy atom. The van der Waals surface area contributed by atoms with Gasteiger partial charge in [0.1, 0.15) is 5.75 Å². The number of H-pyrrole nitrogens is 1. The van der Waals surface area contributed by atoms with E-state index >= 15 is 0 Å². The summed E-state index contributed by atoms with van der Waals surface area (Å²) in [6.45, 7) is 0.190. The van der Waals surface area contributed by atoms with Gasteiger partial charge in [0.05, 0.1) is 18.2 Å². The largest absolute Gasteiger partial charge is 0.495 e. The second kappa shape index (κ2) is 6.83. The molecule has 1 aliphatic rings. The highest BCUT2D eigenvalue weighted by Crippen LogP contribution is 2.37. The summed E-state index contributed by atoms with van der Waals surface area (Å²) in [5.74, 6) is 2.24. The molecular formula is C21H16N4O4. The highest BCUT2D eigenvalue weighted by molar-refractivity contribution is 5.92. The van der Waals surface area contributed by atoms with Crippen molar-refractivity contribution in [2.24, 2.45) is 0 Å². The van der Waals surface area contributed by atoms with E-state index in [1.54, 1.807) is 19.4 Å². The van der Waals surface area contributed by atoms with Crippen LogP contribution in [0.5, 0.6) is 17.2 Å². The fraction of sp³-hybridized carbons (Fsp3) is 0.0952. The minimum atomic E-state index is -0.298. The van der Waals surface area contributed by atoms with E-state index in [1.165, 1.54) is 0 Å². The predicted molar refractivity (Wildman–Crippen MR) is 108 cm³/mol. The molecule has 0 saturated heterocycles. The molecule has 0 fully saturated rings. The smallest absolute Gasteiger partial charge is 0.262 e. The first-order valence-corrected chi connectivity index (χ1v) is 8.92. The van der Waals surface area contributed by atoms with E-state index in [-0.39, 0.29) is 18.3 Å². The highest BCUT2D eigenvalue weighted by atomic mass is 16.7. The van der Waals surface area contributed by atoms with Crippen LogP contribution < -0.4 is 25.1 Å². The van der Waals surface area contributed by atoms with Crippen LogP contribution in [0.2, 0.25) is 0 Å². The Bertz CT molecular complexity index is 1290. The lowest BCUT2D eigenvalue weighted by Crippen LogP contribution is -2.13. The molecule has 8 nitrogen and oxygen atoms in total. The molecular weight excluding hydrogens is 372 g/mol. The zero-order chi connectivity index (χ0) is 19.8. The summed E-state index contributed by atoms with van der Waals surface area (Å²) in [6.07, 6.45) is 1.63. The van der Waals surface area contributed by atoms with Crippen LogP contribution in [-0.2, 0) is 0 Å². The predicted octanol–water partition coefficient (Wildman–Crippen LogP) is 3.47. The average Bonchev–Trinajstić information content (AvgIpc) is 3.21. The standard InChI is InChI=1S/C21H16N4O4/c1-27-15-5-3-2-4-14(15)23-21-24-19-18(20(26)25-21)13(8-9-22-19)12-6-7-16-17(10-12)29-11-28-16/h2-10H,11H2,1H3,(H2,22,23,24,25,26). The molecule has 0 unspecified atom stereocenters. The van der Waals surface area contributed by atoms with E-state index in [2.05, 4.69) is 20.3 Å². The van der Waals surface area contributed by atoms with Crippen molar-refractivity contribution in [3.05, 3.63) is 65.1 Å². The molecule has 1 aliphatic heterocycles. The molecule has 4 aromatic rings. The van der Waals surface area contributed by atoms with Gasteiger partial charge in [-0.1, -0.05) is 18.2 Å². The van der Waals surface area contributed by atoms with Gasteiger partial charge in [-0.05, 0) is 41.5 Å². The molecule has 0 spiro atoms. The first kappa shape index (κ1) is 17.1. The first-order valence-electron chi connectivity index (χ1n) is 8.92. The molecule has 2 N–H and O–H groups in total. The van der Waals surface area contributed by atoms with Gasteiger partial charge in [0, 0.05) is 6.20 Å². The summed E-state index contributed by atoms with van der Waals surface area (Å²) in [6, 6.07) is 14.7. The van der Waals surface area contributed by atoms with Gasteiger partial charge in [-0.15, -0.1) is 0 Å². The second-order valence-electron chi connectivity index (χ2n) is 6.36. The van der Waals surface area contributed by atoms with Crippen LogP contribution in [0.25, 0.3) is 22.2 Å². The van der Waals surface area contributed by atoms with Gasteiger partial charge in [-0.3, -0.25) is 9.78 Å². The molecule has 0 saturated carbocycles. The lowest BCUT2D eigenvalue weighted by molar-refractivity contribution is 0.174. The van der Waals surface area contributed by atoms with Crippen molar-refractivity contribution in [2.75, 3.05) is 19.2 Å². The number of nitrogens with one attached hydrogen (secondary N) is 2. The fourth-order valence-corrected chi connectivity index (χ4v) is 3.30. The molecule has 0 bridgehead atoms. The van der Waals surface area contributed by atoms with Crippen molar-refractivity contribution >= 4 is 22.7 Å². The number of methoxy groups -OCH3 is 1. The van der Waals surface area contributed by atoms with E-state index < -0.39 is 0 Å². The second-order valence-corrected chi connectivity index (χ2v) is 6.36. The Morgan fingerprint density at radius 2 is 1.97 bits per heavy atom. The molecule has 2 aromatic carbocycles. The molecule has 29 heavy (non-hydrogen) atoms. The number of hydrogen-bond donors (Lipinski definition) is 2. The van der Waals surface area contributed by atoms with E-state index in [0.29, 0.717) is 39.5 Å². The van der Waals surface area contributed by atoms with Crippen molar-refractivity contribution in [1.29, 1.82) is 0 Å². The lowest BCUT2D eigenvalue weighted by Gasteiger charge is -2.11. The zero-order valence-corrected chi connectivity index (χ0v) is 15.4. The number of hydrogen-bond acceptors (Lipinski definition) is 7. The Morgan fingerprint density at radius 3 is 2.86 bits per heavy atom. The van der Waals surface area contributed by atoms with E-state index in [1.807, 2.05) is 42.5 Å². The molecule has 0 radical (unpaired) electrons. The number of para-hydroxylation sites is 2. The minimum Gasteiger partial charge on any atom is -0.495 e. The maximum absolute atomic E-state index is 12.9. The summed E-state index contributed by atoms with van der Waals surface area (Å²) in [7, 11) is 1.58. The normalized spacial score (nSPS) is 12.2. The molecule has 0 amide bonds. The Balaban J connectivity index is 1.60. The number of aromatic amines is 1. The van der Waals surface area contributed by atoms with Gasteiger partial charge in [-0.25, -0.2) is 4.98 Å². The number of benzene rings is 2. The molecule has 5 rings (SSSR count). The lowest BCUT2D eigenvalue weighted by atomic mass is 10.0. The third kappa shape index (κ3) is 3.00. The summed E-state index contributed by atoms with van der Waals surface area (Å²) < 4.78 is 16.1. The van der Waals surface area contributed by atoms with Gasteiger partial charge < -0.3 is 19.5 Å². The highest BCUT2D eigenvalue weighted by Gasteiger charge is 2.17. The van der Waals surface area contributed by atoms with Crippen LogP contribution in [-0.4, -0.2) is 28.9 Å². The van der Waals surface area contributed by atoms with Crippen LogP contribution in [0.1, 0.15) is 0 Å². The van der Waals surface area contributed by atoms with Crippen molar-refractivity contribution in [3.63, 3.8) is 0 Å². The van der Waals surface area contributed by atoms with Gasteiger partial charge in [0.2, 0.25) is 12.7 Å². The van der Waals surface area contributed by atoms with Crippen LogP contribution in [0, 0.1) is 0 Å². The van der Waals surface area contributed by atoms with Crippen molar-refractivity contribution < 1.29 is 14.2 Å². The first-order chi connectivity index (χ1) is 14.2. The molecule has 0 aliphatic carbocycles. The maximum Gasteiger partial charge on any atom is 0.262 e. The number of pyridine rings is 1. The summed E-state index contributed by atoms with van der Waals surface area (Å²) in [5, 5.41) is 3.48. The Hall–Kier alpha value is -4.07. The average molecular weight is 388 g/mol. The molecule has 0 atom stereocenters. The Labute approximate surface area is 165 Å². The zero-order valence-electron chi connectivity index (χ0n) is 15.4. The number of fused-ring (bicyclic) bond motifs is 2. The summed E-state index contributed by atoms with van der Waals surface area (Å²) in [5.41, 5.74) is 2.25. The molecule has 2 aromatic heterocycles. The van der Waals surface area contributed by atoms with Crippen molar-refractivity contribution in [3.8, 4) is 28.4 Å². The van der Waals surface area contributed by atoms with E-state index in [4.69, 9.17) is 14.2 Å². The van der Waals surface area contributed by atoms with Crippen molar-refractivity contribution in [2.45, 2.75) is 0 Å². The molecule has 8 heteroatoms. The monoisotopic (exact) mass is 388 g/mol. The Kier molecular flexibility index (Phi) is 4.02. The number of rotatable bonds is 4. The summed E-state index contributed by atoms with van der Waals surface area (Å²) >= 11 is 0. The third-order valence-corrected chi connectivity index (χ3v) is 4.65. The molecule has 3 heterocycles. The molecule has 144 valence electrons. The maximum atomic E-state index is 12.9. The van der Waals surface area contributed by atoms with Crippen LogP contribution in [0.3, 0.4) is 0 Å². The number of anilines is 2. The van der Waals surface area contributed by atoms with Gasteiger partial charge >= 0.3 is 0 Å². The van der Waals surface area contributed by atoms with Crippen LogP contribution >= 0.6 is 0 Å². The topological polar surface area (TPSA) is 98.4 Å². The SMILES string of the molecule is COc1ccccc1Nc1nc2nccc(-c3ccc4c(c3)OCO4)c2c(=O)[nH]1. The third-order valence-electron chi connectivity index (χ3n) is 4.65. The number of ether oxygens (including phenoxy) is 3. The number of aromatic nitrogens is 3. The van der Waals surface area contributed by atoms with Crippen molar-refractivity contribution in [1.82, 2.24) is 15.0 Å². The van der Waals surface area contributed by atoms with Gasteiger partial charge in [-0.2, -0.15) is 4.98 Å². The van der Waals surface area contributed by atoms with Gasteiger partial charge in [0.15, 0.2) is 17.1 Å².